The van der Waals surface area contributed by atoms with Crippen LogP contribution in [-0.4, -0.2) is 28.6 Å². The van der Waals surface area contributed by atoms with Gasteiger partial charge in [0.2, 0.25) is 5.82 Å². The summed E-state index contributed by atoms with van der Waals surface area (Å²) in [6.07, 6.45) is 0. The number of para-hydroxylation sites is 1. The fraction of sp³-hybridized carbons (Fsp3) is 0. The summed E-state index contributed by atoms with van der Waals surface area (Å²) >= 11 is 0. The fourth-order valence-corrected chi connectivity index (χ4v) is 2.07. The van der Waals surface area contributed by atoms with Gasteiger partial charge in [-0.15, -0.1) is 0 Å². The van der Waals surface area contributed by atoms with Gasteiger partial charge in [0.25, 0.3) is 15.2 Å². The standard InChI is InChI=1S/C11H9N5O2S/c12-19(17,18)11-14-10(15-16-11)9-6-5-7-3-1-2-4-8(7)13-9/h1-6H,(H2,12,17,18)(H,14,15,16). The van der Waals surface area contributed by atoms with E-state index in [2.05, 4.69) is 20.2 Å². The molecule has 0 fully saturated rings. The molecule has 1 aromatic carbocycles. The second kappa shape index (κ2) is 4.11. The molecular formula is C11H9N5O2S. The molecule has 0 unspecified atom stereocenters. The number of pyridine rings is 1. The average molecular weight is 275 g/mol. The van der Waals surface area contributed by atoms with Crippen molar-refractivity contribution in [3.63, 3.8) is 0 Å². The van der Waals surface area contributed by atoms with E-state index in [0.717, 1.165) is 10.9 Å². The van der Waals surface area contributed by atoms with Crippen LogP contribution in [0.25, 0.3) is 22.4 Å². The molecule has 2 heterocycles. The Morgan fingerprint density at radius 1 is 1.05 bits per heavy atom. The topological polar surface area (TPSA) is 115 Å². The Kier molecular flexibility index (Phi) is 2.54. The lowest BCUT2D eigenvalue weighted by molar-refractivity contribution is 0.589. The van der Waals surface area contributed by atoms with Crippen LogP contribution in [0.15, 0.2) is 41.6 Å². The molecule has 0 aliphatic carbocycles. The summed E-state index contributed by atoms with van der Waals surface area (Å²) in [6.45, 7) is 0. The molecule has 0 bridgehead atoms. The Labute approximate surface area is 108 Å². The van der Waals surface area contributed by atoms with Crippen LogP contribution in [0, 0.1) is 0 Å². The molecule has 0 saturated carbocycles. The van der Waals surface area contributed by atoms with Crippen molar-refractivity contribution >= 4 is 20.9 Å². The van der Waals surface area contributed by atoms with Gasteiger partial charge in [0.05, 0.1) is 5.52 Å². The summed E-state index contributed by atoms with van der Waals surface area (Å²) in [6, 6.07) is 11.2. The third kappa shape index (κ3) is 2.18. The highest BCUT2D eigenvalue weighted by Gasteiger charge is 2.15. The summed E-state index contributed by atoms with van der Waals surface area (Å²) < 4.78 is 22.2. The van der Waals surface area contributed by atoms with E-state index in [1.807, 2.05) is 30.3 Å². The molecule has 0 spiro atoms. The molecule has 0 amide bonds. The van der Waals surface area contributed by atoms with Gasteiger partial charge in [-0.05, 0) is 12.1 Å². The number of nitrogens with one attached hydrogen (secondary N) is 1. The van der Waals surface area contributed by atoms with Crippen molar-refractivity contribution in [2.75, 3.05) is 0 Å². The number of hydrogen-bond acceptors (Lipinski definition) is 5. The molecule has 7 nitrogen and oxygen atoms in total. The first-order valence-corrected chi connectivity index (χ1v) is 6.90. The summed E-state index contributed by atoms with van der Waals surface area (Å²) in [4.78, 5) is 8.18. The van der Waals surface area contributed by atoms with Crippen molar-refractivity contribution in [2.24, 2.45) is 5.14 Å². The molecule has 8 heteroatoms. The van der Waals surface area contributed by atoms with E-state index in [4.69, 9.17) is 5.14 Å². The summed E-state index contributed by atoms with van der Waals surface area (Å²) in [5.41, 5.74) is 1.26. The zero-order valence-electron chi connectivity index (χ0n) is 9.61. The smallest absolute Gasteiger partial charge is 0.248 e. The Bertz CT molecular complexity index is 856. The number of benzene rings is 1. The summed E-state index contributed by atoms with van der Waals surface area (Å²) in [5.74, 6) is 0.190. The second-order valence-corrected chi connectivity index (χ2v) is 5.38. The van der Waals surface area contributed by atoms with Crippen LogP contribution < -0.4 is 5.14 Å². The predicted molar refractivity (Wildman–Crippen MR) is 68.5 cm³/mol. The highest BCUT2D eigenvalue weighted by molar-refractivity contribution is 7.89. The number of primary sulfonamides is 1. The molecule has 0 radical (unpaired) electrons. The van der Waals surface area contributed by atoms with Gasteiger partial charge in [0.15, 0.2) is 0 Å². The Hall–Kier alpha value is -2.32. The molecule has 0 atom stereocenters. The number of fused-ring (bicyclic) bond motifs is 1. The SMILES string of the molecule is NS(=O)(=O)c1nc(-c2ccc3ccccc3n2)n[nH]1. The van der Waals surface area contributed by atoms with Gasteiger partial charge in [0.1, 0.15) is 5.69 Å². The van der Waals surface area contributed by atoms with Crippen LogP contribution in [0.2, 0.25) is 0 Å². The number of nitrogens with zero attached hydrogens (tertiary/aromatic N) is 3. The van der Waals surface area contributed by atoms with Gasteiger partial charge in [-0.1, -0.05) is 24.3 Å². The molecule has 2 aromatic heterocycles. The minimum absolute atomic E-state index is 0.190. The van der Waals surface area contributed by atoms with Crippen LogP contribution >= 0.6 is 0 Å². The van der Waals surface area contributed by atoms with Gasteiger partial charge < -0.3 is 0 Å². The lowest BCUT2D eigenvalue weighted by Gasteiger charge is -1.98. The number of H-pyrrole nitrogens is 1. The predicted octanol–water partition coefficient (Wildman–Crippen LogP) is 0.667. The first-order chi connectivity index (χ1) is 9.04. The molecule has 0 saturated heterocycles. The van der Waals surface area contributed by atoms with Crippen LogP contribution in [0.3, 0.4) is 0 Å². The zero-order chi connectivity index (χ0) is 13.5. The molecule has 96 valence electrons. The largest absolute Gasteiger partial charge is 0.273 e. The first kappa shape index (κ1) is 11.8. The summed E-state index contributed by atoms with van der Waals surface area (Å²) in [7, 11) is -3.89. The van der Waals surface area contributed by atoms with E-state index >= 15 is 0 Å². The highest BCUT2D eigenvalue weighted by atomic mass is 32.2. The van der Waals surface area contributed by atoms with Crippen LogP contribution in [0.5, 0.6) is 0 Å². The van der Waals surface area contributed by atoms with E-state index in [9.17, 15) is 8.42 Å². The number of rotatable bonds is 2. The Morgan fingerprint density at radius 2 is 1.84 bits per heavy atom. The van der Waals surface area contributed by atoms with Gasteiger partial charge in [-0.2, -0.15) is 10.1 Å². The van der Waals surface area contributed by atoms with E-state index in [0.29, 0.717) is 5.69 Å². The zero-order valence-corrected chi connectivity index (χ0v) is 10.4. The van der Waals surface area contributed by atoms with Crippen molar-refractivity contribution in [1.82, 2.24) is 20.2 Å². The molecule has 3 N–H and O–H groups in total. The van der Waals surface area contributed by atoms with Crippen LogP contribution in [0.4, 0.5) is 0 Å². The molecule has 0 aliphatic rings. The maximum absolute atomic E-state index is 11.1. The maximum Gasteiger partial charge on any atom is 0.273 e. The lowest BCUT2D eigenvalue weighted by atomic mass is 10.2. The van der Waals surface area contributed by atoms with E-state index in [1.54, 1.807) is 6.07 Å². The quantitative estimate of drug-likeness (QED) is 0.713. The van der Waals surface area contributed by atoms with Crippen molar-refractivity contribution < 1.29 is 8.42 Å². The molecule has 19 heavy (non-hydrogen) atoms. The monoisotopic (exact) mass is 275 g/mol. The van der Waals surface area contributed by atoms with Crippen molar-refractivity contribution in [3.8, 4) is 11.5 Å². The maximum atomic E-state index is 11.1. The third-order valence-electron chi connectivity index (χ3n) is 2.56. The molecule has 3 aromatic rings. The average Bonchev–Trinajstić information content (AvgIpc) is 2.87. The lowest BCUT2D eigenvalue weighted by Crippen LogP contribution is -2.13. The van der Waals surface area contributed by atoms with Crippen molar-refractivity contribution in [1.29, 1.82) is 0 Å². The number of aromatic nitrogens is 4. The first-order valence-electron chi connectivity index (χ1n) is 5.35. The minimum Gasteiger partial charge on any atom is -0.248 e. The molecule has 3 rings (SSSR count). The van der Waals surface area contributed by atoms with E-state index in [-0.39, 0.29) is 11.0 Å². The molecule has 0 aliphatic heterocycles. The number of nitrogens with two attached hydrogens (primary N) is 1. The fourth-order valence-electron chi connectivity index (χ4n) is 1.68. The number of aromatic amines is 1. The van der Waals surface area contributed by atoms with Crippen molar-refractivity contribution in [3.05, 3.63) is 36.4 Å². The van der Waals surface area contributed by atoms with Gasteiger partial charge in [0, 0.05) is 5.39 Å². The normalized spacial score (nSPS) is 11.8. The van der Waals surface area contributed by atoms with Gasteiger partial charge >= 0.3 is 0 Å². The van der Waals surface area contributed by atoms with Crippen LogP contribution in [-0.2, 0) is 10.0 Å². The van der Waals surface area contributed by atoms with Crippen molar-refractivity contribution in [2.45, 2.75) is 5.16 Å². The van der Waals surface area contributed by atoms with E-state index in [1.165, 1.54) is 0 Å². The number of sulfonamides is 1. The van der Waals surface area contributed by atoms with Crippen LogP contribution in [0.1, 0.15) is 0 Å². The highest BCUT2D eigenvalue weighted by Crippen LogP contribution is 2.18. The number of hydrogen-bond donors (Lipinski definition) is 2. The molecular weight excluding hydrogens is 266 g/mol. The Balaban J connectivity index is 2.11. The van der Waals surface area contributed by atoms with E-state index < -0.39 is 10.0 Å². The second-order valence-electron chi connectivity index (χ2n) is 3.90. The minimum atomic E-state index is -3.89. The van der Waals surface area contributed by atoms with Gasteiger partial charge in [-0.3, -0.25) is 0 Å². The Morgan fingerprint density at radius 3 is 2.58 bits per heavy atom. The third-order valence-corrected chi connectivity index (χ3v) is 3.28. The van der Waals surface area contributed by atoms with Gasteiger partial charge in [-0.25, -0.2) is 23.6 Å². The summed E-state index contributed by atoms with van der Waals surface area (Å²) in [5, 5.41) is 11.6.